The van der Waals surface area contributed by atoms with Crippen molar-refractivity contribution in [3.63, 3.8) is 0 Å². The molecule has 3 rings (SSSR count). The van der Waals surface area contributed by atoms with Gasteiger partial charge in [0.05, 0.1) is 11.9 Å². The molecule has 1 aliphatic rings. The van der Waals surface area contributed by atoms with Crippen molar-refractivity contribution >= 4 is 5.97 Å². The van der Waals surface area contributed by atoms with Crippen LogP contribution in [0.3, 0.4) is 0 Å². The minimum Gasteiger partial charge on any atom is -0.478 e. The molecule has 2 aromatic rings. The summed E-state index contributed by atoms with van der Waals surface area (Å²) in [4.78, 5) is 17.7. The van der Waals surface area contributed by atoms with Crippen LogP contribution in [0.5, 0.6) is 0 Å². The Hall–Kier alpha value is -2.14. The van der Waals surface area contributed by atoms with Crippen LogP contribution in [0.2, 0.25) is 0 Å². The molecule has 0 spiro atoms. The second-order valence-corrected chi connectivity index (χ2v) is 6.22. The Morgan fingerprint density at radius 3 is 3.04 bits per heavy atom. The van der Waals surface area contributed by atoms with Crippen molar-refractivity contribution in [2.75, 3.05) is 19.6 Å². The molecule has 23 heavy (non-hydrogen) atoms. The van der Waals surface area contributed by atoms with E-state index in [-0.39, 0.29) is 0 Å². The number of piperidine rings is 1. The van der Waals surface area contributed by atoms with Crippen LogP contribution in [0.15, 0.2) is 43.0 Å². The van der Waals surface area contributed by atoms with E-state index in [4.69, 9.17) is 5.11 Å². The van der Waals surface area contributed by atoms with Crippen molar-refractivity contribution in [2.24, 2.45) is 0 Å². The topological polar surface area (TPSA) is 58.4 Å². The Morgan fingerprint density at radius 2 is 2.26 bits per heavy atom. The average molecular weight is 313 g/mol. The fraction of sp³-hybridized carbons (Fsp3) is 0.444. The molecular weight excluding hydrogens is 290 g/mol. The Bertz CT molecular complexity index is 639. The maximum absolute atomic E-state index is 11.1. The zero-order chi connectivity index (χ0) is 16.1. The predicted molar refractivity (Wildman–Crippen MR) is 88.7 cm³/mol. The van der Waals surface area contributed by atoms with Gasteiger partial charge in [-0.25, -0.2) is 9.78 Å². The van der Waals surface area contributed by atoms with Crippen LogP contribution in [0.1, 0.15) is 41.1 Å². The van der Waals surface area contributed by atoms with Gasteiger partial charge < -0.3 is 14.6 Å². The summed E-state index contributed by atoms with van der Waals surface area (Å²) in [5, 5.41) is 9.15. The number of benzene rings is 1. The normalized spacial score (nSPS) is 18.9. The summed E-state index contributed by atoms with van der Waals surface area (Å²) in [5.41, 5.74) is 1.55. The van der Waals surface area contributed by atoms with E-state index in [0.717, 1.165) is 44.6 Å². The van der Waals surface area contributed by atoms with E-state index < -0.39 is 5.97 Å². The van der Waals surface area contributed by atoms with Gasteiger partial charge in [0.25, 0.3) is 0 Å². The molecule has 0 amide bonds. The smallest absolute Gasteiger partial charge is 0.335 e. The number of aromatic carboxylic acids is 1. The molecule has 2 heterocycles. The number of imidazole rings is 1. The number of carboxylic acid groups (broad SMARTS) is 1. The Labute approximate surface area is 136 Å². The zero-order valence-corrected chi connectivity index (χ0v) is 13.3. The van der Waals surface area contributed by atoms with Crippen molar-refractivity contribution in [2.45, 2.75) is 31.7 Å². The highest BCUT2D eigenvalue weighted by molar-refractivity contribution is 5.87. The summed E-state index contributed by atoms with van der Waals surface area (Å²) in [5.74, 6) is -0.406. The van der Waals surface area contributed by atoms with Crippen LogP contribution in [-0.2, 0) is 6.54 Å². The standard InChI is InChI=1S/C18H23N3O2/c22-18(23)16-5-1-4-15(12-16)17-6-2-8-20(13-17)9-3-10-21-11-7-19-14-21/h1,4-5,7,11-12,14,17H,2-3,6,8-10,13H2,(H,22,23)/t17-/m1/s1. The third kappa shape index (κ3) is 4.20. The van der Waals surface area contributed by atoms with E-state index in [1.165, 1.54) is 6.42 Å². The molecule has 0 radical (unpaired) electrons. The van der Waals surface area contributed by atoms with Gasteiger partial charge in [-0.1, -0.05) is 12.1 Å². The summed E-state index contributed by atoms with van der Waals surface area (Å²) < 4.78 is 2.11. The van der Waals surface area contributed by atoms with Crippen LogP contribution in [0, 0.1) is 0 Å². The van der Waals surface area contributed by atoms with E-state index in [1.54, 1.807) is 6.07 Å². The SMILES string of the molecule is O=C(O)c1cccc([C@@H]2CCCN(CCCn3ccnc3)C2)c1. The molecule has 0 saturated carbocycles. The second-order valence-electron chi connectivity index (χ2n) is 6.22. The molecule has 0 bridgehead atoms. The molecule has 5 heteroatoms. The summed E-state index contributed by atoms with van der Waals surface area (Å²) >= 11 is 0. The fourth-order valence-electron chi connectivity index (χ4n) is 3.35. The van der Waals surface area contributed by atoms with Gasteiger partial charge in [0.1, 0.15) is 0 Å². The average Bonchev–Trinajstić information content (AvgIpc) is 3.09. The van der Waals surface area contributed by atoms with E-state index in [9.17, 15) is 4.79 Å². The molecule has 1 N–H and O–H groups in total. The molecule has 122 valence electrons. The monoisotopic (exact) mass is 313 g/mol. The van der Waals surface area contributed by atoms with Crippen LogP contribution in [0.4, 0.5) is 0 Å². The number of rotatable bonds is 6. The third-order valence-electron chi connectivity index (χ3n) is 4.56. The minimum atomic E-state index is -0.847. The molecule has 1 atom stereocenters. The van der Waals surface area contributed by atoms with Gasteiger partial charge in [-0.2, -0.15) is 0 Å². The predicted octanol–water partition coefficient (Wildman–Crippen LogP) is 2.85. The van der Waals surface area contributed by atoms with Crippen LogP contribution >= 0.6 is 0 Å². The Morgan fingerprint density at radius 1 is 1.35 bits per heavy atom. The molecule has 0 aliphatic carbocycles. The summed E-state index contributed by atoms with van der Waals surface area (Å²) in [6.45, 7) is 4.23. The molecule has 1 aromatic heterocycles. The number of carbonyl (C=O) groups is 1. The summed E-state index contributed by atoms with van der Waals surface area (Å²) in [6.07, 6.45) is 9.09. The summed E-state index contributed by atoms with van der Waals surface area (Å²) in [7, 11) is 0. The molecule has 1 saturated heterocycles. The molecule has 1 aromatic carbocycles. The van der Waals surface area contributed by atoms with Gasteiger partial charge >= 0.3 is 5.97 Å². The first kappa shape index (κ1) is 15.7. The van der Waals surface area contributed by atoms with E-state index >= 15 is 0 Å². The number of aryl methyl sites for hydroxylation is 1. The zero-order valence-electron chi connectivity index (χ0n) is 13.3. The first-order valence-corrected chi connectivity index (χ1v) is 8.24. The first-order valence-electron chi connectivity index (χ1n) is 8.24. The Balaban J connectivity index is 1.55. The van der Waals surface area contributed by atoms with Crippen LogP contribution in [-0.4, -0.2) is 45.2 Å². The lowest BCUT2D eigenvalue weighted by atomic mass is 9.89. The lowest BCUT2D eigenvalue weighted by Gasteiger charge is -2.33. The van der Waals surface area contributed by atoms with Crippen LogP contribution in [0.25, 0.3) is 0 Å². The van der Waals surface area contributed by atoms with Gasteiger partial charge in [0, 0.05) is 25.5 Å². The van der Waals surface area contributed by atoms with Gasteiger partial charge in [-0.3, -0.25) is 0 Å². The quantitative estimate of drug-likeness (QED) is 0.891. The molecule has 0 unspecified atom stereocenters. The lowest BCUT2D eigenvalue weighted by molar-refractivity contribution is 0.0696. The van der Waals surface area contributed by atoms with Crippen molar-refractivity contribution in [3.8, 4) is 0 Å². The molecule has 1 aliphatic heterocycles. The fourth-order valence-corrected chi connectivity index (χ4v) is 3.35. The highest BCUT2D eigenvalue weighted by Crippen LogP contribution is 2.27. The number of hydrogen-bond donors (Lipinski definition) is 1. The number of carboxylic acids is 1. The van der Waals surface area contributed by atoms with Crippen molar-refractivity contribution < 1.29 is 9.90 Å². The third-order valence-corrected chi connectivity index (χ3v) is 4.56. The Kier molecular flexibility index (Phi) is 5.08. The van der Waals surface area contributed by atoms with Gasteiger partial charge in [0.15, 0.2) is 0 Å². The van der Waals surface area contributed by atoms with Crippen molar-refractivity contribution in [3.05, 3.63) is 54.1 Å². The first-order chi connectivity index (χ1) is 11.2. The summed E-state index contributed by atoms with van der Waals surface area (Å²) in [6, 6.07) is 7.42. The van der Waals surface area contributed by atoms with Gasteiger partial charge in [-0.15, -0.1) is 0 Å². The van der Waals surface area contributed by atoms with E-state index in [2.05, 4.69) is 20.5 Å². The number of hydrogen-bond acceptors (Lipinski definition) is 3. The maximum Gasteiger partial charge on any atom is 0.335 e. The van der Waals surface area contributed by atoms with Crippen LogP contribution < -0.4 is 0 Å². The number of likely N-dealkylation sites (tertiary alicyclic amines) is 1. The minimum absolute atomic E-state index is 0.389. The maximum atomic E-state index is 11.1. The van der Waals surface area contributed by atoms with Crippen molar-refractivity contribution in [1.29, 1.82) is 0 Å². The highest BCUT2D eigenvalue weighted by atomic mass is 16.4. The molecular formula is C18H23N3O2. The van der Waals surface area contributed by atoms with E-state index in [0.29, 0.717) is 11.5 Å². The number of nitrogens with zero attached hydrogens (tertiary/aromatic N) is 3. The van der Waals surface area contributed by atoms with E-state index in [1.807, 2.05) is 30.9 Å². The lowest BCUT2D eigenvalue weighted by Crippen LogP contribution is -2.35. The molecule has 1 fully saturated rings. The van der Waals surface area contributed by atoms with Crippen molar-refractivity contribution in [1.82, 2.24) is 14.5 Å². The number of aromatic nitrogens is 2. The largest absolute Gasteiger partial charge is 0.478 e. The highest BCUT2D eigenvalue weighted by Gasteiger charge is 2.21. The van der Waals surface area contributed by atoms with Gasteiger partial charge in [0.2, 0.25) is 0 Å². The molecule has 5 nitrogen and oxygen atoms in total. The second kappa shape index (κ2) is 7.42. The van der Waals surface area contributed by atoms with Gasteiger partial charge in [-0.05, 0) is 56.0 Å².